The maximum Gasteiger partial charge on any atom is 0.330 e. The number of hydrogen-bond donors (Lipinski definition) is 2. The predicted molar refractivity (Wildman–Crippen MR) is 87.3 cm³/mol. The van der Waals surface area contributed by atoms with Gasteiger partial charge in [-0.25, -0.2) is 4.79 Å². The summed E-state index contributed by atoms with van der Waals surface area (Å²) in [5.41, 5.74) is -0.272. The first-order valence-electron chi connectivity index (χ1n) is 7.83. The third kappa shape index (κ3) is 6.62. The van der Waals surface area contributed by atoms with Gasteiger partial charge in [-0.3, -0.25) is 0 Å². The molecule has 0 aromatic heterocycles. The molecule has 2 N–H and O–H groups in total. The van der Waals surface area contributed by atoms with Gasteiger partial charge in [0.15, 0.2) is 0 Å². The van der Waals surface area contributed by atoms with Crippen LogP contribution in [0.25, 0.3) is 0 Å². The summed E-state index contributed by atoms with van der Waals surface area (Å²) in [7, 11) is 0. The first-order chi connectivity index (χ1) is 9.45. The number of allylic oxidation sites excluding steroid dienone is 1. The molecule has 0 bridgehead atoms. The largest absolute Gasteiger partial charge is 0.455 e. The van der Waals surface area contributed by atoms with E-state index in [1.54, 1.807) is 6.08 Å². The first-order valence-corrected chi connectivity index (χ1v) is 7.83. The van der Waals surface area contributed by atoms with E-state index in [0.29, 0.717) is 12.6 Å². The van der Waals surface area contributed by atoms with Gasteiger partial charge in [0.2, 0.25) is 0 Å². The Morgan fingerprint density at radius 1 is 1.29 bits per heavy atom. The average Bonchev–Trinajstić information content (AvgIpc) is 2.21. The van der Waals surface area contributed by atoms with Gasteiger partial charge in [-0.15, -0.1) is 0 Å². The minimum absolute atomic E-state index is 0.116. The molecule has 4 nitrogen and oxygen atoms in total. The highest BCUT2D eigenvalue weighted by molar-refractivity contribution is 5.82. The molecule has 1 saturated heterocycles. The maximum atomic E-state index is 11.6. The molecule has 0 aromatic carbocycles. The molecule has 1 heterocycles. The number of ether oxygens (including phenoxy) is 1. The lowest BCUT2D eigenvalue weighted by atomic mass is 9.79. The number of nitrogens with one attached hydrogen (secondary N) is 2. The number of carbonyl (C=O) groups is 1. The monoisotopic (exact) mass is 296 g/mol. The molecule has 0 saturated carbocycles. The van der Waals surface area contributed by atoms with Gasteiger partial charge >= 0.3 is 5.97 Å². The second-order valence-corrected chi connectivity index (χ2v) is 8.06. The zero-order valence-electron chi connectivity index (χ0n) is 14.7. The standard InChI is InChI=1S/C17H32N2O2/c1-8-9-14(20)21-17(6,7)12-18-13-10-15(2,3)19-16(4,5)11-13/h8-9,13,18-19H,10-12H2,1-7H3/b9-8+. The van der Waals surface area contributed by atoms with Crippen LogP contribution in [0.2, 0.25) is 0 Å². The van der Waals surface area contributed by atoms with Gasteiger partial charge in [-0.2, -0.15) is 0 Å². The third-order valence-corrected chi connectivity index (χ3v) is 3.69. The van der Waals surface area contributed by atoms with E-state index < -0.39 is 5.60 Å². The minimum Gasteiger partial charge on any atom is -0.455 e. The highest BCUT2D eigenvalue weighted by Crippen LogP contribution is 2.28. The summed E-state index contributed by atoms with van der Waals surface area (Å²) in [6, 6.07) is 0.427. The fraction of sp³-hybridized carbons (Fsp3) is 0.824. The van der Waals surface area contributed by atoms with Crippen molar-refractivity contribution in [2.75, 3.05) is 6.54 Å². The lowest BCUT2D eigenvalue weighted by Gasteiger charge is -2.47. The van der Waals surface area contributed by atoms with Gasteiger partial charge in [-0.05, 0) is 61.3 Å². The van der Waals surface area contributed by atoms with Crippen LogP contribution < -0.4 is 10.6 Å². The number of esters is 1. The van der Waals surface area contributed by atoms with Crippen LogP contribution in [0.5, 0.6) is 0 Å². The second-order valence-electron chi connectivity index (χ2n) is 8.06. The van der Waals surface area contributed by atoms with Crippen LogP contribution in [-0.4, -0.2) is 35.2 Å². The Morgan fingerprint density at radius 3 is 2.29 bits per heavy atom. The molecule has 0 spiro atoms. The van der Waals surface area contributed by atoms with E-state index in [1.807, 2.05) is 20.8 Å². The molecule has 1 rings (SSSR count). The Balaban J connectivity index is 2.55. The zero-order valence-corrected chi connectivity index (χ0v) is 14.7. The van der Waals surface area contributed by atoms with Gasteiger partial charge in [0.05, 0.1) is 0 Å². The quantitative estimate of drug-likeness (QED) is 0.605. The van der Waals surface area contributed by atoms with Crippen LogP contribution in [0, 0.1) is 0 Å². The average molecular weight is 296 g/mol. The van der Waals surface area contributed by atoms with Crippen molar-refractivity contribution in [1.29, 1.82) is 0 Å². The van der Waals surface area contributed by atoms with Crippen molar-refractivity contribution in [3.8, 4) is 0 Å². The van der Waals surface area contributed by atoms with E-state index in [2.05, 4.69) is 38.3 Å². The summed E-state index contributed by atoms with van der Waals surface area (Å²) in [6.07, 6.45) is 5.28. The highest BCUT2D eigenvalue weighted by Gasteiger charge is 2.38. The van der Waals surface area contributed by atoms with Crippen molar-refractivity contribution < 1.29 is 9.53 Å². The normalized spacial score (nSPS) is 22.4. The molecule has 0 unspecified atom stereocenters. The zero-order chi connectivity index (χ0) is 16.3. The molecule has 122 valence electrons. The third-order valence-electron chi connectivity index (χ3n) is 3.69. The molecular weight excluding hydrogens is 264 g/mol. The van der Waals surface area contributed by atoms with Crippen molar-refractivity contribution in [2.45, 2.75) is 84.0 Å². The molecule has 0 atom stereocenters. The Labute approximate surface area is 129 Å². The van der Waals surface area contributed by atoms with Crippen LogP contribution >= 0.6 is 0 Å². The molecule has 0 aromatic rings. The molecule has 0 aliphatic carbocycles. The smallest absolute Gasteiger partial charge is 0.330 e. The van der Waals surface area contributed by atoms with Crippen molar-refractivity contribution in [1.82, 2.24) is 10.6 Å². The Morgan fingerprint density at radius 2 is 1.81 bits per heavy atom. The summed E-state index contributed by atoms with van der Waals surface area (Å²) in [6.45, 7) is 15.3. The lowest BCUT2D eigenvalue weighted by molar-refractivity contribution is -0.150. The number of hydrogen-bond acceptors (Lipinski definition) is 4. The Kier molecular flexibility index (Phi) is 5.62. The second kappa shape index (κ2) is 6.49. The van der Waals surface area contributed by atoms with Gasteiger partial charge in [-0.1, -0.05) is 6.08 Å². The molecule has 0 amide bonds. The Bertz CT molecular complexity index is 382. The molecule has 1 aliphatic heterocycles. The van der Waals surface area contributed by atoms with Crippen LogP contribution in [0.3, 0.4) is 0 Å². The van der Waals surface area contributed by atoms with Crippen molar-refractivity contribution >= 4 is 5.97 Å². The lowest BCUT2D eigenvalue weighted by Crippen LogP contribution is -2.62. The molecule has 0 radical (unpaired) electrons. The van der Waals surface area contributed by atoms with Crippen LogP contribution in [0.15, 0.2) is 12.2 Å². The minimum atomic E-state index is -0.504. The fourth-order valence-electron chi connectivity index (χ4n) is 3.34. The van der Waals surface area contributed by atoms with E-state index >= 15 is 0 Å². The SMILES string of the molecule is C/C=C/C(=O)OC(C)(C)CNC1CC(C)(C)NC(C)(C)C1. The van der Waals surface area contributed by atoms with Crippen LogP contribution in [-0.2, 0) is 9.53 Å². The van der Waals surface area contributed by atoms with Crippen molar-refractivity contribution in [2.24, 2.45) is 0 Å². The maximum absolute atomic E-state index is 11.6. The van der Waals surface area contributed by atoms with E-state index in [9.17, 15) is 4.79 Å². The molecular formula is C17H32N2O2. The highest BCUT2D eigenvalue weighted by atomic mass is 16.6. The summed E-state index contributed by atoms with van der Waals surface area (Å²) in [5.74, 6) is -0.282. The van der Waals surface area contributed by atoms with Crippen molar-refractivity contribution in [3.63, 3.8) is 0 Å². The number of piperidine rings is 1. The molecule has 1 aliphatic rings. The molecule has 4 heteroatoms. The van der Waals surface area contributed by atoms with Gasteiger partial charge in [0, 0.05) is 29.7 Å². The van der Waals surface area contributed by atoms with E-state index in [-0.39, 0.29) is 17.0 Å². The summed E-state index contributed by atoms with van der Waals surface area (Å²) < 4.78 is 5.47. The first kappa shape index (κ1) is 18.2. The molecule has 21 heavy (non-hydrogen) atoms. The Hall–Kier alpha value is -0.870. The van der Waals surface area contributed by atoms with Gasteiger partial charge in [0.25, 0.3) is 0 Å². The predicted octanol–water partition coefficient (Wildman–Crippen LogP) is 2.78. The summed E-state index contributed by atoms with van der Waals surface area (Å²) in [4.78, 5) is 11.6. The van der Waals surface area contributed by atoms with Gasteiger partial charge < -0.3 is 15.4 Å². The van der Waals surface area contributed by atoms with Crippen LogP contribution in [0.4, 0.5) is 0 Å². The number of carbonyl (C=O) groups excluding carboxylic acids is 1. The van der Waals surface area contributed by atoms with E-state index in [4.69, 9.17) is 4.74 Å². The summed E-state index contributed by atoms with van der Waals surface area (Å²) in [5, 5.41) is 7.25. The van der Waals surface area contributed by atoms with Gasteiger partial charge in [0.1, 0.15) is 5.60 Å². The van der Waals surface area contributed by atoms with E-state index in [0.717, 1.165) is 12.8 Å². The summed E-state index contributed by atoms with van der Waals surface area (Å²) >= 11 is 0. The topological polar surface area (TPSA) is 50.4 Å². The van der Waals surface area contributed by atoms with E-state index in [1.165, 1.54) is 6.08 Å². The number of rotatable bonds is 5. The molecule has 1 fully saturated rings. The fourth-order valence-corrected chi connectivity index (χ4v) is 3.34. The van der Waals surface area contributed by atoms with Crippen molar-refractivity contribution in [3.05, 3.63) is 12.2 Å². The van der Waals surface area contributed by atoms with Crippen LogP contribution in [0.1, 0.15) is 61.3 Å².